The van der Waals surface area contributed by atoms with Gasteiger partial charge in [0.05, 0.1) is 4.99 Å². The number of aliphatic hydroxyl groups is 1. The van der Waals surface area contributed by atoms with Crippen molar-refractivity contribution in [3.8, 4) is 0 Å². The van der Waals surface area contributed by atoms with E-state index in [-0.39, 0.29) is 0 Å². The zero-order chi connectivity index (χ0) is 11.8. The Labute approximate surface area is 104 Å². The van der Waals surface area contributed by atoms with Crippen LogP contribution < -0.4 is 5.73 Å². The lowest BCUT2D eigenvalue weighted by molar-refractivity contribution is 0.117. The standard InChI is InChI=1S/C12H24N2OS/c13-12(16)6-2-4-9-14-8-3-1-5-11(14)7-10-15/h11,15H,1-10H2,(H2,13,16). The summed E-state index contributed by atoms with van der Waals surface area (Å²) in [4.78, 5) is 3.16. The summed E-state index contributed by atoms with van der Waals surface area (Å²) in [6, 6.07) is 0.601. The van der Waals surface area contributed by atoms with Crippen LogP contribution in [-0.4, -0.2) is 40.7 Å². The quantitative estimate of drug-likeness (QED) is 0.528. The zero-order valence-corrected chi connectivity index (χ0v) is 10.8. The summed E-state index contributed by atoms with van der Waals surface area (Å²) >= 11 is 4.86. The van der Waals surface area contributed by atoms with Crippen molar-refractivity contribution in [3.63, 3.8) is 0 Å². The molecule has 1 aliphatic heterocycles. The summed E-state index contributed by atoms with van der Waals surface area (Å²) < 4.78 is 0. The number of hydrogen-bond acceptors (Lipinski definition) is 3. The van der Waals surface area contributed by atoms with E-state index in [4.69, 9.17) is 23.1 Å². The molecule has 0 spiro atoms. The highest BCUT2D eigenvalue weighted by molar-refractivity contribution is 7.80. The smallest absolute Gasteiger partial charge is 0.0727 e. The first-order valence-electron chi connectivity index (χ1n) is 6.37. The fourth-order valence-corrected chi connectivity index (χ4v) is 2.59. The average molecular weight is 244 g/mol. The molecule has 0 aromatic heterocycles. The second kappa shape index (κ2) is 7.98. The van der Waals surface area contributed by atoms with Gasteiger partial charge in [0.2, 0.25) is 0 Å². The van der Waals surface area contributed by atoms with Crippen molar-refractivity contribution in [2.24, 2.45) is 5.73 Å². The second-order valence-corrected chi connectivity index (χ2v) is 5.15. The third-order valence-corrected chi connectivity index (χ3v) is 3.53. The van der Waals surface area contributed by atoms with Crippen molar-refractivity contribution in [3.05, 3.63) is 0 Å². The van der Waals surface area contributed by atoms with Crippen LogP contribution in [0.2, 0.25) is 0 Å². The van der Waals surface area contributed by atoms with Crippen molar-refractivity contribution in [1.82, 2.24) is 4.90 Å². The van der Waals surface area contributed by atoms with Gasteiger partial charge in [0, 0.05) is 12.6 Å². The summed E-state index contributed by atoms with van der Waals surface area (Å²) in [5, 5.41) is 9.02. The Morgan fingerprint density at radius 3 is 2.88 bits per heavy atom. The molecule has 1 heterocycles. The van der Waals surface area contributed by atoms with Crippen LogP contribution in [0.4, 0.5) is 0 Å². The third-order valence-electron chi connectivity index (χ3n) is 3.33. The van der Waals surface area contributed by atoms with E-state index in [0.717, 1.165) is 25.8 Å². The number of hydrogen-bond donors (Lipinski definition) is 2. The number of nitrogens with zero attached hydrogens (tertiary/aromatic N) is 1. The van der Waals surface area contributed by atoms with Crippen LogP contribution in [0, 0.1) is 0 Å². The Balaban J connectivity index is 2.18. The molecule has 1 atom stereocenters. The van der Waals surface area contributed by atoms with Gasteiger partial charge in [0.1, 0.15) is 0 Å². The molecule has 0 aliphatic carbocycles. The molecule has 1 aliphatic rings. The Hall–Kier alpha value is -0.190. The Kier molecular flexibility index (Phi) is 6.92. The van der Waals surface area contributed by atoms with Crippen molar-refractivity contribution in [2.75, 3.05) is 19.7 Å². The minimum atomic E-state index is 0.314. The normalized spacial score (nSPS) is 22.2. The lowest BCUT2D eigenvalue weighted by Crippen LogP contribution is -2.40. The zero-order valence-electron chi connectivity index (χ0n) is 10.0. The fraction of sp³-hybridized carbons (Fsp3) is 0.917. The van der Waals surface area contributed by atoms with Gasteiger partial charge in [-0.3, -0.25) is 0 Å². The first-order chi connectivity index (χ1) is 7.74. The van der Waals surface area contributed by atoms with E-state index < -0.39 is 0 Å². The van der Waals surface area contributed by atoms with E-state index in [1.807, 2.05) is 0 Å². The molecule has 3 N–H and O–H groups in total. The van der Waals surface area contributed by atoms with E-state index in [1.165, 1.54) is 32.2 Å². The van der Waals surface area contributed by atoms with E-state index in [1.54, 1.807) is 0 Å². The highest BCUT2D eigenvalue weighted by Crippen LogP contribution is 2.19. The maximum atomic E-state index is 9.02. The summed E-state index contributed by atoms with van der Waals surface area (Å²) in [6.07, 6.45) is 7.92. The average Bonchev–Trinajstić information content (AvgIpc) is 2.26. The SMILES string of the molecule is NC(=S)CCCCN1CCCCC1CCO. The van der Waals surface area contributed by atoms with Gasteiger partial charge < -0.3 is 15.7 Å². The number of rotatable bonds is 7. The summed E-state index contributed by atoms with van der Waals surface area (Å²) in [5.74, 6) is 0. The molecule has 16 heavy (non-hydrogen) atoms. The monoisotopic (exact) mass is 244 g/mol. The number of aliphatic hydroxyl groups excluding tert-OH is 1. The van der Waals surface area contributed by atoms with Crippen LogP contribution >= 0.6 is 12.2 Å². The van der Waals surface area contributed by atoms with Crippen LogP contribution in [0.5, 0.6) is 0 Å². The molecule has 1 saturated heterocycles. The predicted octanol–water partition coefficient (Wildman–Crippen LogP) is 1.68. The molecule has 94 valence electrons. The molecule has 0 saturated carbocycles. The molecule has 0 aromatic rings. The van der Waals surface area contributed by atoms with Gasteiger partial charge in [-0.2, -0.15) is 0 Å². The molecule has 1 rings (SSSR count). The number of nitrogens with two attached hydrogens (primary N) is 1. The highest BCUT2D eigenvalue weighted by atomic mass is 32.1. The van der Waals surface area contributed by atoms with Crippen LogP contribution in [-0.2, 0) is 0 Å². The van der Waals surface area contributed by atoms with Crippen LogP contribution in [0.25, 0.3) is 0 Å². The van der Waals surface area contributed by atoms with Crippen molar-refractivity contribution in [1.29, 1.82) is 0 Å². The lowest BCUT2D eigenvalue weighted by Gasteiger charge is -2.35. The summed E-state index contributed by atoms with van der Waals surface area (Å²) in [7, 11) is 0. The van der Waals surface area contributed by atoms with Crippen LogP contribution in [0.3, 0.4) is 0 Å². The molecule has 0 bridgehead atoms. The highest BCUT2D eigenvalue weighted by Gasteiger charge is 2.20. The van der Waals surface area contributed by atoms with Crippen LogP contribution in [0.15, 0.2) is 0 Å². The molecule has 0 radical (unpaired) electrons. The van der Waals surface area contributed by atoms with E-state index >= 15 is 0 Å². The first kappa shape index (κ1) is 13.9. The fourth-order valence-electron chi connectivity index (χ4n) is 2.44. The van der Waals surface area contributed by atoms with E-state index in [9.17, 15) is 0 Å². The molecule has 1 fully saturated rings. The molecule has 3 nitrogen and oxygen atoms in total. The number of likely N-dealkylation sites (tertiary alicyclic amines) is 1. The second-order valence-electron chi connectivity index (χ2n) is 4.62. The number of thiocarbonyl (C=S) groups is 1. The molecule has 0 amide bonds. The Morgan fingerprint density at radius 2 is 2.19 bits per heavy atom. The van der Waals surface area contributed by atoms with Gasteiger partial charge in [-0.05, 0) is 51.6 Å². The third kappa shape index (κ3) is 5.23. The van der Waals surface area contributed by atoms with Crippen molar-refractivity contribution >= 4 is 17.2 Å². The van der Waals surface area contributed by atoms with Gasteiger partial charge in [0.15, 0.2) is 0 Å². The first-order valence-corrected chi connectivity index (χ1v) is 6.78. The van der Waals surface area contributed by atoms with Crippen LogP contribution in [0.1, 0.15) is 44.9 Å². The van der Waals surface area contributed by atoms with E-state index in [2.05, 4.69) is 4.90 Å². The molecule has 0 aromatic carbocycles. The number of piperidine rings is 1. The minimum absolute atomic E-state index is 0.314. The maximum absolute atomic E-state index is 9.02. The van der Waals surface area contributed by atoms with Gasteiger partial charge in [-0.1, -0.05) is 18.6 Å². The molecule has 1 unspecified atom stereocenters. The van der Waals surface area contributed by atoms with E-state index in [0.29, 0.717) is 17.6 Å². The number of unbranched alkanes of at least 4 members (excludes halogenated alkanes) is 1. The van der Waals surface area contributed by atoms with Gasteiger partial charge in [0.25, 0.3) is 0 Å². The van der Waals surface area contributed by atoms with Crippen molar-refractivity contribution in [2.45, 2.75) is 51.0 Å². The predicted molar refractivity (Wildman–Crippen MR) is 71.6 cm³/mol. The van der Waals surface area contributed by atoms with Gasteiger partial charge >= 0.3 is 0 Å². The Morgan fingerprint density at radius 1 is 1.38 bits per heavy atom. The topological polar surface area (TPSA) is 49.5 Å². The van der Waals surface area contributed by atoms with Crippen molar-refractivity contribution < 1.29 is 5.11 Å². The largest absolute Gasteiger partial charge is 0.396 e. The maximum Gasteiger partial charge on any atom is 0.0727 e. The Bertz CT molecular complexity index is 209. The minimum Gasteiger partial charge on any atom is -0.396 e. The molecule has 4 heteroatoms. The van der Waals surface area contributed by atoms with Gasteiger partial charge in [-0.15, -0.1) is 0 Å². The van der Waals surface area contributed by atoms with Gasteiger partial charge in [-0.25, -0.2) is 0 Å². The molecular weight excluding hydrogens is 220 g/mol. The summed E-state index contributed by atoms with van der Waals surface area (Å²) in [5.41, 5.74) is 5.47. The molecular formula is C12H24N2OS. The summed E-state index contributed by atoms with van der Waals surface area (Å²) in [6.45, 7) is 2.64. The lowest BCUT2D eigenvalue weighted by atomic mass is 9.99.